The van der Waals surface area contributed by atoms with Gasteiger partial charge in [0.25, 0.3) is 0 Å². The van der Waals surface area contributed by atoms with Crippen molar-refractivity contribution in [3.63, 3.8) is 0 Å². The molecule has 0 radical (unpaired) electrons. The van der Waals surface area contributed by atoms with Gasteiger partial charge in [0.1, 0.15) is 18.0 Å². The molecule has 3 aromatic heterocycles. The number of carbonyl (C=O) groups excluding carboxylic acids is 1. The second kappa shape index (κ2) is 5.96. The number of thiazole rings is 1. The third-order valence-electron chi connectivity index (χ3n) is 3.84. The summed E-state index contributed by atoms with van der Waals surface area (Å²) in [5.74, 6) is 1.28. The van der Waals surface area contributed by atoms with Crippen molar-refractivity contribution in [3.8, 4) is 0 Å². The van der Waals surface area contributed by atoms with Crippen LogP contribution in [0.1, 0.15) is 18.5 Å². The van der Waals surface area contributed by atoms with E-state index in [1.165, 1.54) is 19.2 Å². The fourth-order valence-electron chi connectivity index (χ4n) is 2.75. The van der Waals surface area contributed by atoms with Crippen LogP contribution in [0.2, 0.25) is 0 Å². The van der Waals surface area contributed by atoms with Gasteiger partial charge in [-0.3, -0.25) is 9.20 Å². The van der Waals surface area contributed by atoms with Crippen molar-refractivity contribution >= 4 is 33.8 Å². The minimum absolute atomic E-state index is 0.123. The number of imidazole rings is 1. The van der Waals surface area contributed by atoms with Crippen molar-refractivity contribution in [3.05, 3.63) is 35.9 Å². The predicted octanol–water partition coefficient (Wildman–Crippen LogP) is 1.97. The van der Waals surface area contributed by atoms with Gasteiger partial charge >= 0.3 is 0 Å². The lowest BCUT2D eigenvalue weighted by Crippen LogP contribution is -2.20. The fraction of sp³-hybridized carbons (Fsp3) is 0.333. The van der Waals surface area contributed by atoms with E-state index < -0.39 is 0 Å². The van der Waals surface area contributed by atoms with Crippen LogP contribution in [0.15, 0.2) is 30.2 Å². The minimum Gasteiger partial charge on any atom is -0.356 e. The number of rotatable bonds is 4. The van der Waals surface area contributed by atoms with Gasteiger partial charge in [-0.2, -0.15) is 0 Å². The van der Waals surface area contributed by atoms with E-state index in [1.54, 1.807) is 11.3 Å². The first-order valence-corrected chi connectivity index (χ1v) is 8.44. The Morgan fingerprint density at radius 1 is 1.30 bits per heavy atom. The molecule has 8 heteroatoms. The molecule has 0 aromatic carbocycles. The van der Waals surface area contributed by atoms with E-state index >= 15 is 0 Å². The summed E-state index contributed by atoms with van der Waals surface area (Å²) in [7, 11) is 0. The first-order valence-electron chi connectivity index (χ1n) is 7.56. The van der Waals surface area contributed by atoms with E-state index in [9.17, 15) is 4.79 Å². The number of amides is 1. The van der Waals surface area contributed by atoms with Gasteiger partial charge in [-0.05, 0) is 12.8 Å². The molecule has 0 unspecified atom stereocenters. The summed E-state index contributed by atoms with van der Waals surface area (Å²) in [6, 6.07) is 1.83. The molecule has 1 aliphatic heterocycles. The summed E-state index contributed by atoms with van der Waals surface area (Å²) < 4.78 is 1.92. The SMILES string of the molecule is O=C(Cc1cn2ccsc2n1)Nc1cc(N2CCCC2)ncn1. The van der Waals surface area contributed by atoms with Crippen LogP contribution < -0.4 is 10.2 Å². The van der Waals surface area contributed by atoms with E-state index in [1.807, 2.05) is 28.2 Å². The zero-order valence-corrected chi connectivity index (χ0v) is 13.3. The number of aromatic nitrogens is 4. The maximum Gasteiger partial charge on any atom is 0.231 e. The average Bonchev–Trinajstić information content (AvgIpc) is 3.24. The second-order valence-electron chi connectivity index (χ2n) is 5.51. The molecule has 0 saturated carbocycles. The standard InChI is InChI=1S/C15H16N6OS/c22-14(7-11-9-21-5-6-23-15(21)18-11)19-12-8-13(17-10-16-12)20-3-1-2-4-20/h5-6,8-10H,1-4,7H2,(H,16,17,19,22). The normalized spacial score (nSPS) is 14.5. The molecule has 0 atom stereocenters. The molecular weight excluding hydrogens is 312 g/mol. The van der Waals surface area contributed by atoms with Crippen LogP contribution in [0.25, 0.3) is 4.96 Å². The van der Waals surface area contributed by atoms with E-state index in [2.05, 4.69) is 25.2 Å². The Hall–Kier alpha value is -2.48. The van der Waals surface area contributed by atoms with Crippen molar-refractivity contribution in [1.29, 1.82) is 0 Å². The Morgan fingerprint density at radius 2 is 2.17 bits per heavy atom. The number of fused-ring (bicyclic) bond motifs is 1. The summed E-state index contributed by atoms with van der Waals surface area (Å²) in [4.78, 5) is 28.1. The largest absolute Gasteiger partial charge is 0.356 e. The Balaban J connectivity index is 1.43. The first kappa shape index (κ1) is 14.1. The van der Waals surface area contributed by atoms with Crippen LogP contribution in [-0.2, 0) is 11.2 Å². The number of hydrogen-bond acceptors (Lipinski definition) is 6. The molecule has 1 fully saturated rings. The zero-order valence-electron chi connectivity index (χ0n) is 12.5. The number of carbonyl (C=O) groups is 1. The smallest absolute Gasteiger partial charge is 0.231 e. The lowest BCUT2D eigenvalue weighted by atomic mass is 10.3. The lowest BCUT2D eigenvalue weighted by Gasteiger charge is -2.16. The molecule has 4 rings (SSSR count). The van der Waals surface area contributed by atoms with Crippen LogP contribution in [0.3, 0.4) is 0 Å². The Bertz CT molecular complexity index is 807. The molecule has 1 amide bonds. The van der Waals surface area contributed by atoms with E-state index in [0.717, 1.165) is 29.6 Å². The van der Waals surface area contributed by atoms with Crippen molar-refractivity contribution in [2.75, 3.05) is 23.3 Å². The Morgan fingerprint density at radius 3 is 3.00 bits per heavy atom. The van der Waals surface area contributed by atoms with Crippen molar-refractivity contribution < 1.29 is 4.79 Å². The van der Waals surface area contributed by atoms with Gasteiger partial charge in [-0.15, -0.1) is 11.3 Å². The van der Waals surface area contributed by atoms with Gasteiger partial charge in [0.15, 0.2) is 4.96 Å². The molecule has 3 aromatic rings. The third-order valence-corrected chi connectivity index (χ3v) is 4.61. The molecule has 23 heavy (non-hydrogen) atoms. The van der Waals surface area contributed by atoms with Crippen LogP contribution in [0.5, 0.6) is 0 Å². The number of hydrogen-bond donors (Lipinski definition) is 1. The minimum atomic E-state index is -0.123. The highest BCUT2D eigenvalue weighted by Gasteiger charge is 2.15. The molecule has 118 valence electrons. The summed E-state index contributed by atoms with van der Waals surface area (Å²) >= 11 is 1.55. The first-order chi connectivity index (χ1) is 11.3. The highest BCUT2D eigenvalue weighted by atomic mass is 32.1. The Labute approximate surface area is 137 Å². The monoisotopic (exact) mass is 328 g/mol. The third kappa shape index (κ3) is 3.02. The summed E-state index contributed by atoms with van der Waals surface area (Å²) in [6.45, 7) is 2.02. The van der Waals surface area contributed by atoms with Crippen molar-refractivity contribution in [2.24, 2.45) is 0 Å². The summed E-state index contributed by atoms with van der Waals surface area (Å²) in [6.07, 6.45) is 7.90. The van der Waals surface area contributed by atoms with Gasteiger partial charge < -0.3 is 10.2 Å². The number of nitrogens with zero attached hydrogens (tertiary/aromatic N) is 5. The highest BCUT2D eigenvalue weighted by Crippen LogP contribution is 2.19. The van der Waals surface area contributed by atoms with E-state index in [-0.39, 0.29) is 12.3 Å². The average molecular weight is 328 g/mol. The van der Waals surface area contributed by atoms with E-state index in [0.29, 0.717) is 5.82 Å². The number of anilines is 2. The maximum atomic E-state index is 12.2. The molecule has 1 N–H and O–H groups in total. The molecule has 4 heterocycles. The quantitative estimate of drug-likeness (QED) is 0.792. The Kier molecular flexibility index (Phi) is 3.66. The summed E-state index contributed by atoms with van der Waals surface area (Å²) in [5, 5.41) is 4.79. The van der Waals surface area contributed by atoms with Gasteiger partial charge in [0.2, 0.25) is 5.91 Å². The molecule has 7 nitrogen and oxygen atoms in total. The second-order valence-corrected chi connectivity index (χ2v) is 6.38. The van der Waals surface area contributed by atoms with Crippen molar-refractivity contribution in [2.45, 2.75) is 19.3 Å². The topological polar surface area (TPSA) is 75.4 Å². The van der Waals surface area contributed by atoms with Gasteiger partial charge in [0.05, 0.1) is 12.1 Å². The van der Waals surface area contributed by atoms with Crippen molar-refractivity contribution in [1.82, 2.24) is 19.4 Å². The van der Waals surface area contributed by atoms with Crippen LogP contribution in [0, 0.1) is 0 Å². The highest BCUT2D eigenvalue weighted by molar-refractivity contribution is 7.15. The predicted molar refractivity (Wildman–Crippen MR) is 88.9 cm³/mol. The fourth-order valence-corrected chi connectivity index (χ4v) is 3.47. The van der Waals surface area contributed by atoms with E-state index in [4.69, 9.17) is 0 Å². The van der Waals surface area contributed by atoms with Gasteiger partial charge in [0, 0.05) is 36.9 Å². The lowest BCUT2D eigenvalue weighted by molar-refractivity contribution is -0.115. The molecule has 1 saturated heterocycles. The van der Waals surface area contributed by atoms with Crippen LogP contribution in [-0.4, -0.2) is 38.3 Å². The maximum absolute atomic E-state index is 12.2. The molecule has 0 aliphatic carbocycles. The van der Waals surface area contributed by atoms with Gasteiger partial charge in [-0.25, -0.2) is 15.0 Å². The number of nitrogens with one attached hydrogen (secondary N) is 1. The van der Waals surface area contributed by atoms with Gasteiger partial charge in [-0.1, -0.05) is 0 Å². The van der Waals surface area contributed by atoms with Crippen LogP contribution >= 0.6 is 11.3 Å². The molecule has 1 aliphatic rings. The zero-order chi connectivity index (χ0) is 15.6. The van der Waals surface area contributed by atoms with Crippen LogP contribution in [0.4, 0.5) is 11.6 Å². The summed E-state index contributed by atoms with van der Waals surface area (Å²) in [5.41, 5.74) is 0.753. The molecular formula is C15H16N6OS. The molecule has 0 bridgehead atoms. The molecule has 0 spiro atoms.